The molecular formula is C12H23F3N2O. The highest BCUT2D eigenvalue weighted by Gasteiger charge is 2.34. The summed E-state index contributed by atoms with van der Waals surface area (Å²) in [7, 11) is 0. The van der Waals surface area contributed by atoms with Crippen LogP contribution in [0.3, 0.4) is 0 Å². The number of halogens is 3. The largest absolute Gasteiger partial charge is 0.406 e. The van der Waals surface area contributed by atoms with Gasteiger partial charge < -0.3 is 10.6 Å². The number of hydrogen-bond donors (Lipinski definition) is 1. The molecule has 0 aromatic heterocycles. The monoisotopic (exact) mass is 268 g/mol. The van der Waals surface area contributed by atoms with Crippen molar-refractivity contribution in [1.82, 2.24) is 4.90 Å². The maximum absolute atomic E-state index is 12.4. The first-order valence-electron chi connectivity index (χ1n) is 6.28. The molecule has 0 aliphatic rings. The van der Waals surface area contributed by atoms with Crippen molar-refractivity contribution in [2.45, 2.75) is 52.3 Å². The van der Waals surface area contributed by atoms with E-state index in [0.717, 1.165) is 11.3 Å². The quantitative estimate of drug-likeness (QED) is 0.771. The number of unbranched alkanes of at least 4 members (excludes halogenated alkanes) is 1. The van der Waals surface area contributed by atoms with Crippen molar-refractivity contribution in [3.05, 3.63) is 0 Å². The van der Waals surface area contributed by atoms with Crippen LogP contribution < -0.4 is 5.73 Å². The number of nitrogens with two attached hydrogens (primary N) is 1. The topological polar surface area (TPSA) is 46.3 Å². The Labute approximate surface area is 107 Å². The summed E-state index contributed by atoms with van der Waals surface area (Å²) in [6.07, 6.45) is -2.68. The molecular weight excluding hydrogens is 245 g/mol. The van der Waals surface area contributed by atoms with Gasteiger partial charge in [0.2, 0.25) is 5.91 Å². The zero-order valence-corrected chi connectivity index (χ0v) is 11.3. The second kappa shape index (κ2) is 7.61. The van der Waals surface area contributed by atoms with E-state index < -0.39 is 24.7 Å². The van der Waals surface area contributed by atoms with Crippen molar-refractivity contribution in [2.24, 2.45) is 11.7 Å². The lowest BCUT2D eigenvalue weighted by atomic mass is 10.0. The van der Waals surface area contributed by atoms with Gasteiger partial charge in [0.05, 0.1) is 6.04 Å². The number of carbonyl (C=O) groups excluding carboxylic acids is 1. The minimum Gasteiger partial charge on any atom is -0.332 e. The van der Waals surface area contributed by atoms with Crippen molar-refractivity contribution in [1.29, 1.82) is 0 Å². The first-order valence-corrected chi connectivity index (χ1v) is 6.28. The minimum atomic E-state index is -4.37. The van der Waals surface area contributed by atoms with Gasteiger partial charge >= 0.3 is 6.18 Å². The lowest BCUT2D eigenvalue weighted by molar-refractivity contribution is -0.162. The molecule has 6 heteroatoms. The molecule has 0 saturated carbocycles. The van der Waals surface area contributed by atoms with Crippen molar-refractivity contribution in [3.63, 3.8) is 0 Å². The van der Waals surface area contributed by atoms with Crippen LogP contribution in [0.4, 0.5) is 13.2 Å². The van der Waals surface area contributed by atoms with Crippen molar-refractivity contribution >= 4 is 5.91 Å². The molecule has 1 atom stereocenters. The molecule has 18 heavy (non-hydrogen) atoms. The zero-order chi connectivity index (χ0) is 14.3. The molecule has 0 fully saturated rings. The van der Waals surface area contributed by atoms with Crippen LogP contribution in [0.1, 0.15) is 40.0 Å². The molecule has 2 N–H and O–H groups in total. The van der Waals surface area contributed by atoms with E-state index >= 15 is 0 Å². The van der Waals surface area contributed by atoms with E-state index in [1.807, 2.05) is 20.8 Å². The standard InChI is InChI=1S/C12H23F3N2O/c1-4-5-6-17(8-12(13,14)15)11(18)10(16)7-9(2)3/h9-10H,4-8,16H2,1-3H3/t10-/m1/s1. The minimum absolute atomic E-state index is 0.112. The molecule has 1 amide bonds. The summed E-state index contributed by atoms with van der Waals surface area (Å²) in [6, 6.07) is -0.843. The van der Waals surface area contributed by atoms with Crippen LogP contribution in [0.25, 0.3) is 0 Å². The smallest absolute Gasteiger partial charge is 0.332 e. The summed E-state index contributed by atoms with van der Waals surface area (Å²) < 4.78 is 37.2. The Morgan fingerprint density at radius 3 is 2.28 bits per heavy atom. The van der Waals surface area contributed by atoms with Gasteiger partial charge in [-0.3, -0.25) is 4.79 Å². The average Bonchev–Trinajstić information content (AvgIpc) is 2.20. The van der Waals surface area contributed by atoms with E-state index in [1.165, 1.54) is 0 Å². The molecule has 0 aliphatic carbocycles. The van der Waals surface area contributed by atoms with E-state index in [2.05, 4.69) is 0 Å². The Morgan fingerprint density at radius 1 is 1.33 bits per heavy atom. The Hall–Kier alpha value is -0.780. The summed E-state index contributed by atoms with van der Waals surface area (Å²) in [4.78, 5) is 12.7. The van der Waals surface area contributed by atoms with Gasteiger partial charge in [-0.2, -0.15) is 13.2 Å². The fourth-order valence-electron chi connectivity index (χ4n) is 1.68. The highest BCUT2D eigenvalue weighted by molar-refractivity contribution is 5.81. The molecule has 0 aliphatic heterocycles. The number of amides is 1. The second-order valence-electron chi connectivity index (χ2n) is 4.96. The van der Waals surface area contributed by atoms with Crippen LogP contribution in [-0.2, 0) is 4.79 Å². The van der Waals surface area contributed by atoms with Gasteiger partial charge in [-0.25, -0.2) is 0 Å². The summed E-state index contributed by atoms with van der Waals surface area (Å²) in [5.74, 6) is -0.419. The number of alkyl halides is 3. The molecule has 0 saturated heterocycles. The predicted octanol–water partition coefficient (Wildman–Crippen LogP) is 2.55. The van der Waals surface area contributed by atoms with Crippen LogP contribution in [-0.4, -0.2) is 36.1 Å². The Morgan fingerprint density at radius 2 is 1.89 bits per heavy atom. The van der Waals surface area contributed by atoms with E-state index in [-0.39, 0.29) is 12.5 Å². The highest BCUT2D eigenvalue weighted by Crippen LogP contribution is 2.18. The molecule has 108 valence electrons. The fourth-order valence-corrected chi connectivity index (χ4v) is 1.68. The van der Waals surface area contributed by atoms with Crippen LogP contribution in [0, 0.1) is 5.92 Å². The summed E-state index contributed by atoms with van der Waals surface area (Å²) >= 11 is 0. The van der Waals surface area contributed by atoms with Crippen molar-refractivity contribution < 1.29 is 18.0 Å². The van der Waals surface area contributed by atoms with Crippen LogP contribution in [0.2, 0.25) is 0 Å². The SMILES string of the molecule is CCCCN(CC(F)(F)F)C(=O)[C@H](N)CC(C)C. The van der Waals surface area contributed by atoms with E-state index in [9.17, 15) is 18.0 Å². The molecule has 0 bridgehead atoms. The maximum atomic E-state index is 12.4. The molecule has 0 radical (unpaired) electrons. The van der Waals surface area contributed by atoms with Crippen molar-refractivity contribution in [2.75, 3.05) is 13.1 Å². The normalized spacial score (nSPS) is 13.8. The molecule has 0 heterocycles. The molecule has 3 nitrogen and oxygen atoms in total. The highest BCUT2D eigenvalue weighted by atomic mass is 19.4. The van der Waals surface area contributed by atoms with Gasteiger partial charge in [-0.1, -0.05) is 27.2 Å². The number of nitrogens with zero attached hydrogens (tertiary/aromatic N) is 1. The van der Waals surface area contributed by atoms with Gasteiger partial charge in [0.1, 0.15) is 6.54 Å². The first kappa shape index (κ1) is 17.2. The van der Waals surface area contributed by atoms with Gasteiger partial charge in [0.25, 0.3) is 0 Å². The van der Waals surface area contributed by atoms with Gasteiger partial charge in [0, 0.05) is 6.54 Å². The molecule has 0 aromatic rings. The third kappa shape index (κ3) is 7.53. The predicted molar refractivity (Wildman–Crippen MR) is 65.0 cm³/mol. The maximum Gasteiger partial charge on any atom is 0.406 e. The first-order chi connectivity index (χ1) is 8.17. The van der Waals surface area contributed by atoms with Crippen molar-refractivity contribution in [3.8, 4) is 0 Å². The molecule has 0 spiro atoms. The third-order valence-corrected chi connectivity index (χ3v) is 2.51. The molecule has 0 rings (SSSR count). The van der Waals surface area contributed by atoms with Crippen LogP contribution in [0.15, 0.2) is 0 Å². The number of rotatable bonds is 7. The fraction of sp³-hybridized carbons (Fsp3) is 0.917. The Bertz CT molecular complexity index is 254. The number of carbonyl (C=O) groups is 1. The summed E-state index contributed by atoms with van der Waals surface area (Å²) in [5, 5.41) is 0. The molecule has 0 aromatic carbocycles. The average molecular weight is 268 g/mol. The van der Waals surface area contributed by atoms with E-state index in [1.54, 1.807) is 0 Å². The second-order valence-corrected chi connectivity index (χ2v) is 4.96. The van der Waals surface area contributed by atoms with E-state index in [0.29, 0.717) is 12.8 Å². The third-order valence-electron chi connectivity index (χ3n) is 2.51. The van der Waals surface area contributed by atoms with E-state index in [4.69, 9.17) is 5.73 Å². The van der Waals surface area contributed by atoms with Gasteiger partial charge in [-0.15, -0.1) is 0 Å². The Balaban J connectivity index is 4.57. The summed E-state index contributed by atoms with van der Waals surface area (Å²) in [5.41, 5.74) is 5.65. The summed E-state index contributed by atoms with van der Waals surface area (Å²) in [6.45, 7) is 4.53. The lowest BCUT2D eigenvalue weighted by Crippen LogP contribution is -2.48. The van der Waals surface area contributed by atoms with Crippen LogP contribution in [0.5, 0.6) is 0 Å². The van der Waals surface area contributed by atoms with Crippen LogP contribution >= 0.6 is 0 Å². The molecule has 0 unspecified atom stereocenters. The number of hydrogen-bond acceptors (Lipinski definition) is 2. The van der Waals surface area contributed by atoms with Gasteiger partial charge in [-0.05, 0) is 18.8 Å². The van der Waals surface area contributed by atoms with Gasteiger partial charge in [0.15, 0.2) is 0 Å². The zero-order valence-electron chi connectivity index (χ0n) is 11.3. The Kier molecular flexibility index (Phi) is 7.28. The lowest BCUT2D eigenvalue weighted by Gasteiger charge is -2.27.